The number of para-hydroxylation sites is 1. The first-order valence-electron chi connectivity index (χ1n) is 8.16. The maximum absolute atomic E-state index is 13.8. The van der Waals surface area contributed by atoms with E-state index in [-0.39, 0.29) is 11.7 Å². The van der Waals surface area contributed by atoms with E-state index >= 15 is 0 Å². The van der Waals surface area contributed by atoms with E-state index in [4.69, 9.17) is 0 Å². The summed E-state index contributed by atoms with van der Waals surface area (Å²) >= 11 is 1.78. The minimum absolute atomic E-state index is 0.203. The van der Waals surface area contributed by atoms with Crippen molar-refractivity contribution in [2.24, 2.45) is 5.92 Å². The van der Waals surface area contributed by atoms with Crippen LogP contribution < -0.4 is 10.2 Å². The van der Waals surface area contributed by atoms with E-state index in [1.165, 1.54) is 6.07 Å². The van der Waals surface area contributed by atoms with Crippen LogP contribution in [0.3, 0.4) is 0 Å². The summed E-state index contributed by atoms with van der Waals surface area (Å²) in [5.74, 6) is 1.50. The predicted octanol–water partition coefficient (Wildman–Crippen LogP) is 2.03. The summed E-state index contributed by atoms with van der Waals surface area (Å²) in [6, 6.07) is 6.79. The molecule has 0 saturated carbocycles. The van der Waals surface area contributed by atoms with Crippen LogP contribution in [0, 0.1) is 11.7 Å². The number of aliphatic hydroxyl groups is 1. The minimum atomic E-state index is -1.20. The molecule has 2 aliphatic rings. The highest BCUT2D eigenvalue weighted by Gasteiger charge is 2.37. The summed E-state index contributed by atoms with van der Waals surface area (Å²) in [5, 5.41) is 13.3. The van der Waals surface area contributed by atoms with Gasteiger partial charge in [0.1, 0.15) is 11.4 Å². The van der Waals surface area contributed by atoms with Crippen LogP contribution in [-0.4, -0.2) is 47.8 Å². The SMILES string of the molecule is O=C(NCC1CCN(c2ccccc2F)C1)C1(O)CCSCC1. The lowest BCUT2D eigenvalue weighted by Crippen LogP contribution is -2.50. The van der Waals surface area contributed by atoms with Gasteiger partial charge in [-0.25, -0.2) is 4.39 Å². The number of hydrogen-bond donors (Lipinski definition) is 2. The maximum atomic E-state index is 13.8. The van der Waals surface area contributed by atoms with Crippen molar-refractivity contribution < 1.29 is 14.3 Å². The number of thioether (sulfide) groups is 1. The Kier molecular flexibility index (Phi) is 5.11. The number of benzene rings is 1. The average molecular weight is 338 g/mol. The first kappa shape index (κ1) is 16.6. The fourth-order valence-electron chi connectivity index (χ4n) is 3.26. The highest BCUT2D eigenvalue weighted by Crippen LogP contribution is 2.28. The van der Waals surface area contributed by atoms with Crippen LogP contribution in [0.1, 0.15) is 19.3 Å². The number of carbonyl (C=O) groups is 1. The van der Waals surface area contributed by atoms with E-state index in [0.29, 0.717) is 31.0 Å². The number of hydrogen-bond acceptors (Lipinski definition) is 4. The normalized spacial score (nSPS) is 23.7. The Morgan fingerprint density at radius 3 is 2.87 bits per heavy atom. The molecule has 2 heterocycles. The fraction of sp³-hybridized carbons (Fsp3) is 0.588. The molecule has 0 aromatic heterocycles. The Hall–Kier alpha value is -1.27. The zero-order chi connectivity index (χ0) is 16.3. The molecule has 1 amide bonds. The van der Waals surface area contributed by atoms with E-state index in [0.717, 1.165) is 31.0 Å². The molecule has 2 fully saturated rings. The van der Waals surface area contributed by atoms with Crippen molar-refractivity contribution in [3.63, 3.8) is 0 Å². The lowest BCUT2D eigenvalue weighted by Gasteiger charge is -2.30. The van der Waals surface area contributed by atoms with E-state index < -0.39 is 5.60 Å². The molecule has 126 valence electrons. The summed E-state index contributed by atoms with van der Waals surface area (Å²) in [6.07, 6.45) is 1.97. The summed E-state index contributed by atoms with van der Waals surface area (Å²) in [5.41, 5.74) is -0.570. The minimum Gasteiger partial charge on any atom is -0.380 e. The topological polar surface area (TPSA) is 52.6 Å². The molecule has 1 atom stereocenters. The molecule has 6 heteroatoms. The monoisotopic (exact) mass is 338 g/mol. The number of halogens is 1. The molecule has 1 aromatic carbocycles. The van der Waals surface area contributed by atoms with Crippen molar-refractivity contribution in [2.75, 3.05) is 36.0 Å². The van der Waals surface area contributed by atoms with E-state index in [9.17, 15) is 14.3 Å². The third kappa shape index (κ3) is 3.80. The van der Waals surface area contributed by atoms with Gasteiger partial charge in [-0.15, -0.1) is 0 Å². The van der Waals surface area contributed by atoms with Crippen molar-refractivity contribution in [3.05, 3.63) is 30.1 Å². The van der Waals surface area contributed by atoms with Crippen LogP contribution in [0.15, 0.2) is 24.3 Å². The molecule has 2 saturated heterocycles. The number of amides is 1. The van der Waals surface area contributed by atoms with E-state index in [1.807, 2.05) is 11.0 Å². The predicted molar refractivity (Wildman–Crippen MR) is 91.2 cm³/mol. The third-order valence-electron chi connectivity index (χ3n) is 4.77. The van der Waals surface area contributed by atoms with Crippen molar-refractivity contribution in [3.8, 4) is 0 Å². The molecule has 1 aromatic rings. The Balaban J connectivity index is 1.50. The highest BCUT2D eigenvalue weighted by atomic mass is 32.2. The Morgan fingerprint density at radius 1 is 1.39 bits per heavy atom. The smallest absolute Gasteiger partial charge is 0.252 e. The van der Waals surface area contributed by atoms with Gasteiger partial charge in [-0.2, -0.15) is 11.8 Å². The van der Waals surface area contributed by atoms with Gasteiger partial charge in [-0.05, 0) is 48.8 Å². The second-order valence-electron chi connectivity index (χ2n) is 6.41. The Bertz CT molecular complexity index is 563. The molecule has 0 radical (unpaired) electrons. The largest absolute Gasteiger partial charge is 0.380 e. The summed E-state index contributed by atoms with van der Waals surface area (Å²) < 4.78 is 13.8. The molecule has 0 spiro atoms. The van der Waals surface area contributed by atoms with Crippen molar-refractivity contribution in [1.82, 2.24) is 5.32 Å². The summed E-state index contributed by atoms with van der Waals surface area (Å²) in [6.45, 7) is 2.07. The van der Waals surface area contributed by atoms with Gasteiger partial charge in [0.2, 0.25) is 0 Å². The molecule has 23 heavy (non-hydrogen) atoms. The number of anilines is 1. The second-order valence-corrected chi connectivity index (χ2v) is 7.63. The Labute approximate surface area is 140 Å². The fourth-order valence-corrected chi connectivity index (χ4v) is 4.43. The quantitative estimate of drug-likeness (QED) is 0.882. The van der Waals surface area contributed by atoms with Gasteiger partial charge in [-0.3, -0.25) is 4.79 Å². The van der Waals surface area contributed by atoms with Gasteiger partial charge in [-0.1, -0.05) is 12.1 Å². The molecule has 3 rings (SSSR count). The number of nitrogens with zero attached hydrogens (tertiary/aromatic N) is 1. The van der Waals surface area contributed by atoms with E-state index in [2.05, 4.69) is 5.32 Å². The van der Waals surface area contributed by atoms with E-state index in [1.54, 1.807) is 23.9 Å². The number of nitrogens with one attached hydrogen (secondary N) is 1. The standard InChI is InChI=1S/C17H23FN2O2S/c18-14-3-1-2-4-15(14)20-8-5-13(12-20)11-19-16(21)17(22)6-9-23-10-7-17/h1-4,13,22H,5-12H2,(H,19,21). The first-order valence-corrected chi connectivity index (χ1v) is 9.32. The summed E-state index contributed by atoms with van der Waals surface area (Å²) in [4.78, 5) is 14.3. The van der Waals surface area contributed by atoms with Crippen LogP contribution >= 0.6 is 11.8 Å². The van der Waals surface area contributed by atoms with Gasteiger partial charge in [0.25, 0.3) is 5.91 Å². The molecule has 0 bridgehead atoms. The Morgan fingerprint density at radius 2 is 2.13 bits per heavy atom. The molecule has 4 nitrogen and oxygen atoms in total. The second kappa shape index (κ2) is 7.09. The van der Waals surface area contributed by atoms with Crippen molar-refractivity contribution in [1.29, 1.82) is 0 Å². The van der Waals surface area contributed by atoms with Gasteiger partial charge in [0.05, 0.1) is 5.69 Å². The highest BCUT2D eigenvalue weighted by molar-refractivity contribution is 7.99. The summed E-state index contributed by atoms with van der Waals surface area (Å²) in [7, 11) is 0. The molecular weight excluding hydrogens is 315 g/mol. The molecule has 1 unspecified atom stereocenters. The zero-order valence-corrected chi connectivity index (χ0v) is 13.9. The zero-order valence-electron chi connectivity index (χ0n) is 13.1. The van der Waals surface area contributed by atoms with Gasteiger partial charge in [0.15, 0.2) is 0 Å². The third-order valence-corrected chi connectivity index (χ3v) is 5.76. The van der Waals surface area contributed by atoms with Crippen molar-refractivity contribution >= 4 is 23.4 Å². The number of carbonyl (C=O) groups excluding carboxylic acids is 1. The van der Waals surface area contributed by atoms with Crippen LogP contribution in [0.2, 0.25) is 0 Å². The van der Waals surface area contributed by atoms with Crippen LogP contribution in [0.25, 0.3) is 0 Å². The number of rotatable bonds is 4. The van der Waals surface area contributed by atoms with Crippen molar-refractivity contribution in [2.45, 2.75) is 24.9 Å². The molecule has 0 aliphatic carbocycles. The maximum Gasteiger partial charge on any atom is 0.252 e. The molecular formula is C17H23FN2O2S. The van der Waals surface area contributed by atoms with Crippen LogP contribution in [0.5, 0.6) is 0 Å². The van der Waals surface area contributed by atoms with Gasteiger partial charge < -0.3 is 15.3 Å². The van der Waals surface area contributed by atoms with Crippen LogP contribution in [0.4, 0.5) is 10.1 Å². The lowest BCUT2D eigenvalue weighted by atomic mass is 9.95. The molecule has 2 N–H and O–H groups in total. The lowest BCUT2D eigenvalue weighted by molar-refractivity contribution is -0.140. The van der Waals surface area contributed by atoms with Gasteiger partial charge >= 0.3 is 0 Å². The van der Waals surface area contributed by atoms with Gasteiger partial charge in [0, 0.05) is 19.6 Å². The average Bonchev–Trinajstić information content (AvgIpc) is 3.02. The van der Waals surface area contributed by atoms with Crippen LogP contribution in [-0.2, 0) is 4.79 Å². The molecule has 2 aliphatic heterocycles. The first-order chi connectivity index (χ1) is 11.1.